The first-order valence-electron chi connectivity index (χ1n) is 9.37. The number of nitrogens with zero attached hydrogens (tertiary/aromatic N) is 3. The molecule has 7 heteroatoms. The normalized spacial score (nSPS) is 13.9. The second-order valence-corrected chi connectivity index (χ2v) is 6.72. The number of aromatic nitrogens is 2. The van der Waals surface area contributed by atoms with E-state index in [4.69, 9.17) is 9.47 Å². The Bertz CT molecular complexity index is 1080. The van der Waals surface area contributed by atoms with Crippen molar-refractivity contribution in [1.82, 2.24) is 9.97 Å². The van der Waals surface area contributed by atoms with Crippen LogP contribution < -0.4 is 19.7 Å². The topological polar surface area (TPSA) is 76.6 Å². The highest BCUT2D eigenvalue weighted by Gasteiger charge is 2.26. The minimum Gasteiger partial charge on any atom is -0.497 e. The third-order valence-electron chi connectivity index (χ3n) is 4.98. The van der Waals surface area contributed by atoms with Crippen molar-refractivity contribution in [3.05, 3.63) is 60.9 Å². The Kier molecular flexibility index (Phi) is 5.03. The van der Waals surface area contributed by atoms with Crippen LogP contribution in [0.2, 0.25) is 0 Å². The molecule has 4 rings (SSSR count). The number of hydrogen-bond donors (Lipinski definition) is 1. The molecule has 7 nitrogen and oxygen atoms in total. The Morgan fingerprint density at radius 3 is 3.00 bits per heavy atom. The van der Waals surface area contributed by atoms with Crippen LogP contribution in [0.15, 0.2) is 55.4 Å². The second kappa shape index (κ2) is 7.79. The molecule has 0 bridgehead atoms. The second-order valence-electron chi connectivity index (χ2n) is 6.72. The van der Waals surface area contributed by atoms with Gasteiger partial charge in [0.2, 0.25) is 0 Å². The van der Waals surface area contributed by atoms with Crippen LogP contribution in [-0.4, -0.2) is 36.1 Å². The Balaban J connectivity index is 1.77. The van der Waals surface area contributed by atoms with Crippen molar-refractivity contribution < 1.29 is 14.3 Å². The Morgan fingerprint density at radius 1 is 1.34 bits per heavy atom. The highest BCUT2D eigenvalue weighted by atomic mass is 16.5. The Morgan fingerprint density at radius 2 is 2.21 bits per heavy atom. The van der Waals surface area contributed by atoms with Crippen LogP contribution in [0.25, 0.3) is 10.9 Å². The van der Waals surface area contributed by atoms with E-state index in [1.807, 2.05) is 43.3 Å². The van der Waals surface area contributed by atoms with Crippen molar-refractivity contribution >= 4 is 28.3 Å². The lowest BCUT2D eigenvalue weighted by Gasteiger charge is -2.30. The summed E-state index contributed by atoms with van der Waals surface area (Å²) in [5.74, 6) is 1.88. The van der Waals surface area contributed by atoms with E-state index in [1.165, 1.54) is 12.4 Å². The molecule has 148 valence electrons. The fraction of sp³-hybridized carbons (Fsp3) is 0.227. The molecule has 0 spiro atoms. The number of carbonyl (C=O) groups excluding carboxylic acids is 1. The molecule has 2 heterocycles. The number of rotatable bonds is 5. The lowest BCUT2D eigenvalue weighted by molar-refractivity contribution is -0.114. The van der Waals surface area contributed by atoms with Gasteiger partial charge in [0.25, 0.3) is 5.91 Å². The largest absolute Gasteiger partial charge is 0.497 e. The van der Waals surface area contributed by atoms with E-state index in [1.54, 1.807) is 12.0 Å². The van der Waals surface area contributed by atoms with Crippen molar-refractivity contribution in [2.24, 2.45) is 0 Å². The molecule has 0 unspecified atom stereocenters. The van der Waals surface area contributed by atoms with Crippen LogP contribution in [0, 0.1) is 0 Å². The van der Waals surface area contributed by atoms with Gasteiger partial charge in [-0.2, -0.15) is 0 Å². The van der Waals surface area contributed by atoms with Crippen LogP contribution in [0.4, 0.5) is 11.5 Å². The zero-order valence-electron chi connectivity index (χ0n) is 16.4. The predicted molar refractivity (Wildman–Crippen MR) is 113 cm³/mol. The Labute approximate surface area is 169 Å². The van der Waals surface area contributed by atoms with Crippen LogP contribution in [0.3, 0.4) is 0 Å². The molecular formula is C22H22N4O3. The molecule has 1 aromatic heterocycles. The van der Waals surface area contributed by atoms with Crippen molar-refractivity contribution in [2.75, 3.05) is 30.5 Å². The average molecular weight is 390 g/mol. The zero-order valence-corrected chi connectivity index (χ0v) is 16.4. The van der Waals surface area contributed by atoms with Crippen LogP contribution >= 0.6 is 0 Å². The minimum atomic E-state index is -0.162. The van der Waals surface area contributed by atoms with E-state index in [2.05, 4.69) is 21.9 Å². The van der Waals surface area contributed by atoms with Gasteiger partial charge in [-0.1, -0.05) is 18.7 Å². The van der Waals surface area contributed by atoms with Crippen molar-refractivity contribution in [3.63, 3.8) is 0 Å². The van der Waals surface area contributed by atoms with Crippen molar-refractivity contribution in [1.29, 1.82) is 0 Å². The molecule has 0 radical (unpaired) electrons. The van der Waals surface area contributed by atoms with Gasteiger partial charge in [0.15, 0.2) is 5.75 Å². The van der Waals surface area contributed by atoms with E-state index < -0.39 is 0 Å². The highest BCUT2D eigenvalue weighted by Crippen LogP contribution is 2.41. The van der Waals surface area contributed by atoms with E-state index in [9.17, 15) is 4.79 Å². The third-order valence-corrected chi connectivity index (χ3v) is 4.98. The Hall–Kier alpha value is -3.61. The molecule has 2 aromatic carbocycles. The first-order chi connectivity index (χ1) is 14.1. The van der Waals surface area contributed by atoms with Crippen LogP contribution in [0.1, 0.15) is 18.5 Å². The van der Waals surface area contributed by atoms with Gasteiger partial charge >= 0.3 is 0 Å². The van der Waals surface area contributed by atoms with E-state index in [-0.39, 0.29) is 11.9 Å². The molecule has 1 aliphatic rings. The number of hydrogen-bond acceptors (Lipinski definition) is 6. The lowest BCUT2D eigenvalue weighted by Crippen LogP contribution is -2.36. The van der Waals surface area contributed by atoms with Crippen LogP contribution in [-0.2, 0) is 4.79 Å². The average Bonchev–Trinajstić information content (AvgIpc) is 2.78. The molecule has 0 saturated heterocycles. The molecule has 1 aliphatic heterocycles. The summed E-state index contributed by atoms with van der Waals surface area (Å²) >= 11 is 0. The van der Waals surface area contributed by atoms with Gasteiger partial charge in [-0.3, -0.25) is 4.79 Å². The maximum Gasteiger partial charge on any atom is 0.250 e. The number of benzene rings is 2. The van der Waals surface area contributed by atoms with Crippen LogP contribution in [0.5, 0.6) is 11.5 Å². The van der Waals surface area contributed by atoms with E-state index in [0.29, 0.717) is 30.4 Å². The SMILES string of the molecule is C=CC(=O)N1CCOc2c1ccc1ncnc(N[C@@H](C)c3cccc(OC)c3)c21. The smallest absolute Gasteiger partial charge is 0.250 e. The number of nitrogens with one attached hydrogen (secondary N) is 1. The fourth-order valence-corrected chi connectivity index (χ4v) is 3.48. The third kappa shape index (κ3) is 3.47. The molecule has 1 N–H and O–H groups in total. The summed E-state index contributed by atoms with van der Waals surface area (Å²) in [7, 11) is 1.65. The molecule has 29 heavy (non-hydrogen) atoms. The van der Waals surface area contributed by atoms with Gasteiger partial charge in [0.1, 0.15) is 24.5 Å². The first-order valence-corrected chi connectivity index (χ1v) is 9.37. The standard InChI is InChI=1S/C22H22N4O3/c1-4-19(27)26-10-11-29-21-18(26)9-8-17-20(21)22(24-13-23-17)25-14(2)15-6-5-7-16(12-15)28-3/h4-9,12-14H,1,10-11H2,2-3H3,(H,23,24,25)/t14-/m0/s1. The summed E-state index contributed by atoms with van der Waals surface area (Å²) in [6.07, 6.45) is 2.83. The van der Waals surface area contributed by atoms with Gasteiger partial charge < -0.3 is 19.7 Å². The lowest BCUT2D eigenvalue weighted by atomic mass is 10.1. The summed E-state index contributed by atoms with van der Waals surface area (Å²) in [5, 5.41) is 4.20. The summed E-state index contributed by atoms with van der Waals surface area (Å²) in [5.41, 5.74) is 2.50. The summed E-state index contributed by atoms with van der Waals surface area (Å²) in [6, 6.07) is 11.6. The fourth-order valence-electron chi connectivity index (χ4n) is 3.48. The monoisotopic (exact) mass is 390 g/mol. The van der Waals surface area contributed by atoms with E-state index >= 15 is 0 Å². The molecular weight excluding hydrogens is 368 g/mol. The molecule has 1 atom stereocenters. The maximum atomic E-state index is 12.3. The number of anilines is 2. The minimum absolute atomic E-state index is 0.0337. The quantitative estimate of drug-likeness (QED) is 0.669. The predicted octanol–water partition coefficient (Wildman–Crippen LogP) is 3.72. The van der Waals surface area contributed by atoms with Gasteiger partial charge in [-0.25, -0.2) is 9.97 Å². The molecule has 1 amide bonds. The van der Waals surface area contributed by atoms with Crippen molar-refractivity contribution in [2.45, 2.75) is 13.0 Å². The number of carbonyl (C=O) groups is 1. The number of fused-ring (bicyclic) bond motifs is 3. The number of ether oxygens (including phenoxy) is 2. The molecule has 0 saturated carbocycles. The molecule has 0 aliphatic carbocycles. The molecule has 0 fully saturated rings. The van der Waals surface area contributed by atoms with E-state index in [0.717, 1.165) is 22.2 Å². The summed E-state index contributed by atoms with van der Waals surface area (Å²) in [6.45, 7) is 6.51. The van der Waals surface area contributed by atoms with Gasteiger partial charge in [-0.05, 0) is 42.8 Å². The van der Waals surface area contributed by atoms with Gasteiger partial charge in [0, 0.05) is 0 Å². The van der Waals surface area contributed by atoms with Gasteiger partial charge in [0.05, 0.1) is 36.3 Å². The zero-order chi connectivity index (χ0) is 20.4. The molecule has 3 aromatic rings. The number of amides is 1. The van der Waals surface area contributed by atoms with Gasteiger partial charge in [-0.15, -0.1) is 0 Å². The van der Waals surface area contributed by atoms with Crippen molar-refractivity contribution in [3.8, 4) is 11.5 Å². The highest BCUT2D eigenvalue weighted by molar-refractivity contribution is 6.07. The summed E-state index contributed by atoms with van der Waals surface area (Å²) < 4.78 is 11.3. The number of methoxy groups -OCH3 is 1. The summed E-state index contributed by atoms with van der Waals surface area (Å²) in [4.78, 5) is 22.8. The first kappa shape index (κ1) is 18.7. The maximum absolute atomic E-state index is 12.3.